The maximum atomic E-state index is 13.6. The lowest BCUT2D eigenvalue weighted by Gasteiger charge is -2.47. The molecule has 0 N–H and O–H groups in total. The first kappa shape index (κ1) is 25.9. The molecule has 2 heterocycles. The van der Waals surface area contributed by atoms with Crippen LogP contribution < -0.4 is 4.74 Å². The molecule has 3 atom stereocenters. The van der Waals surface area contributed by atoms with Crippen LogP contribution in [-0.2, 0) is 10.9 Å². The second kappa shape index (κ2) is 10.8. The third kappa shape index (κ3) is 5.80. The lowest BCUT2D eigenvalue weighted by molar-refractivity contribution is -0.137. The fourth-order valence-electron chi connectivity index (χ4n) is 5.48. The zero-order valence-electron chi connectivity index (χ0n) is 20.1. The molecule has 0 bridgehead atoms. The lowest BCUT2D eigenvalue weighted by Crippen LogP contribution is -2.50. The van der Waals surface area contributed by atoms with Crippen LogP contribution in [0.2, 0.25) is 0 Å². The Labute approximate surface area is 210 Å². The highest BCUT2D eigenvalue weighted by atomic mass is 35.5. The number of nitrogens with zero attached hydrogens (tertiary/aromatic N) is 1. The smallest absolute Gasteiger partial charge is 0.416 e. The maximum Gasteiger partial charge on any atom is 0.416 e. The standard InChI is InChI=1S/C28H31ClF3NO2/c1-20(2)35-25-12-11-23(28(30,31)32)17-24(25)22-18-27(34-19-22)13-8-16-33(15-7-6-14-29)26(27)21-9-4-3-5-10-21/h3-5,9-12,17,20,22,26H,8,13-16,18-19H2,1-2H3/t22-,26?,27+/m1/s1. The summed E-state index contributed by atoms with van der Waals surface area (Å²) in [7, 11) is 0. The summed E-state index contributed by atoms with van der Waals surface area (Å²) < 4.78 is 53.3. The third-order valence-electron chi connectivity index (χ3n) is 6.80. The summed E-state index contributed by atoms with van der Waals surface area (Å²) in [6.07, 6.45) is -2.19. The summed E-state index contributed by atoms with van der Waals surface area (Å²) in [5.41, 5.74) is 0.515. The van der Waals surface area contributed by atoms with E-state index in [0.717, 1.165) is 31.0 Å². The quantitative estimate of drug-likeness (QED) is 0.329. The molecule has 188 valence electrons. The van der Waals surface area contributed by atoms with Gasteiger partial charge in [0.05, 0.1) is 42.3 Å². The molecule has 2 aromatic carbocycles. The molecule has 1 unspecified atom stereocenters. The van der Waals surface area contributed by atoms with Gasteiger partial charge < -0.3 is 9.47 Å². The first-order chi connectivity index (χ1) is 16.7. The van der Waals surface area contributed by atoms with E-state index in [2.05, 4.69) is 28.9 Å². The highest BCUT2D eigenvalue weighted by Gasteiger charge is 2.51. The molecule has 35 heavy (non-hydrogen) atoms. The molecule has 0 radical (unpaired) electrons. The van der Waals surface area contributed by atoms with E-state index >= 15 is 0 Å². The number of hydrogen-bond donors (Lipinski definition) is 0. The van der Waals surface area contributed by atoms with Crippen LogP contribution >= 0.6 is 11.6 Å². The van der Waals surface area contributed by atoms with Crippen molar-refractivity contribution < 1.29 is 22.6 Å². The summed E-state index contributed by atoms with van der Waals surface area (Å²) in [5, 5.41) is 0. The first-order valence-electron chi connectivity index (χ1n) is 12.1. The topological polar surface area (TPSA) is 21.7 Å². The van der Waals surface area contributed by atoms with Gasteiger partial charge in [-0.15, -0.1) is 11.6 Å². The number of hydrogen-bond acceptors (Lipinski definition) is 3. The summed E-state index contributed by atoms with van der Waals surface area (Å²) in [6, 6.07) is 13.9. The predicted molar refractivity (Wildman–Crippen MR) is 132 cm³/mol. The van der Waals surface area contributed by atoms with Gasteiger partial charge in [-0.3, -0.25) is 4.90 Å². The molecule has 2 aliphatic heterocycles. The van der Waals surface area contributed by atoms with E-state index < -0.39 is 17.3 Å². The monoisotopic (exact) mass is 505 g/mol. The molecule has 2 fully saturated rings. The number of alkyl halides is 4. The van der Waals surface area contributed by atoms with Gasteiger partial charge in [0.1, 0.15) is 5.75 Å². The Kier molecular flexibility index (Phi) is 8.00. The van der Waals surface area contributed by atoms with Crippen molar-refractivity contribution in [2.75, 3.05) is 25.6 Å². The average molecular weight is 506 g/mol. The van der Waals surface area contributed by atoms with Crippen molar-refractivity contribution in [2.45, 2.75) is 63.0 Å². The molecular formula is C28H31ClF3NO2. The molecule has 2 saturated heterocycles. The van der Waals surface area contributed by atoms with E-state index in [4.69, 9.17) is 21.1 Å². The predicted octanol–water partition coefficient (Wildman–Crippen LogP) is 6.81. The van der Waals surface area contributed by atoms with Crippen molar-refractivity contribution in [3.8, 4) is 17.6 Å². The van der Waals surface area contributed by atoms with Crippen molar-refractivity contribution in [2.24, 2.45) is 0 Å². The Bertz CT molecular complexity index is 1060. The largest absolute Gasteiger partial charge is 0.491 e. The van der Waals surface area contributed by atoms with Crippen molar-refractivity contribution in [1.29, 1.82) is 0 Å². The maximum absolute atomic E-state index is 13.6. The van der Waals surface area contributed by atoms with Crippen LogP contribution in [-0.4, -0.2) is 42.2 Å². The van der Waals surface area contributed by atoms with Crippen LogP contribution in [0, 0.1) is 11.8 Å². The molecular weight excluding hydrogens is 475 g/mol. The number of likely N-dealkylation sites (tertiary alicyclic amines) is 1. The number of halogens is 4. The zero-order valence-corrected chi connectivity index (χ0v) is 20.8. The molecule has 0 amide bonds. The molecule has 0 saturated carbocycles. The van der Waals surface area contributed by atoms with Crippen LogP contribution in [0.4, 0.5) is 13.2 Å². The Morgan fingerprint density at radius 2 is 1.94 bits per heavy atom. The normalized spacial score (nSPS) is 25.0. The first-order valence-corrected chi connectivity index (χ1v) is 12.6. The highest BCUT2D eigenvalue weighted by molar-refractivity contribution is 6.19. The van der Waals surface area contributed by atoms with E-state index in [1.165, 1.54) is 12.1 Å². The van der Waals surface area contributed by atoms with Gasteiger partial charge in [-0.1, -0.05) is 42.2 Å². The Morgan fingerprint density at radius 1 is 1.17 bits per heavy atom. The number of ether oxygens (including phenoxy) is 2. The van der Waals surface area contributed by atoms with Gasteiger partial charge in [0.25, 0.3) is 0 Å². The van der Waals surface area contributed by atoms with E-state index in [9.17, 15) is 13.2 Å². The Balaban J connectivity index is 1.71. The third-order valence-corrected chi connectivity index (χ3v) is 6.94. The summed E-state index contributed by atoms with van der Waals surface area (Å²) in [6.45, 7) is 5.53. The van der Waals surface area contributed by atoms with Gasteiger partial charge in [-0.2, -0.15) is 13.2 Å². The van der Waals surface area contributed by atoms with Gasteiger partial charge in [-0.05, 0) is 63.4 Å². The minimum atomic E-state index is -4.42. The fraction of sp³-hybridized carbons (Fsp3) is 0.500. The highest BCUT2D eigenvalue weighted by Crippen LogP contribution is 2.52. The SMILES string of the molecule is CC(C)Oc1ccc(C(F)(F)F)cc1[C@H]1CO[C@@]2(CCCN(CC#CCCl)C2c2ccccc2)C1. The number of rotatable bonds is 5. The lowest BCUT2D eigenvalue weighted by atomic mass is 9.75. The number of piperidine rings is 1. The Morgan fingerprint density at radius 3 is 2.63 bits per heavy atom. The minimum absolute atomic E-state index is 0.0488. The van der Waals surface area contributed by atoms with Crippen molar-refractivity contribution >= 4 is 11.6 Å². The molecule has 0 aromatic heterocycles. The van der Waals surface area contributed by atoms with E-state index in [1.807, 2.05) is 32.0 Å². The van der Waals surface area contributed by atoms with E-state index in [0.29, 0.717) is 30.9 Å². The summed E-state index contributed by atoms with van der Waals surface area (Å²) in [5.74, 6) is 6.66. The van der Waals surface area contributed by atoms with Gasteiger partial charge >= 0.3 is 6.18 Å². The average Bonchev–Trinajstić information content (AvgIpc) is 3.23. The van der Waals surface area contributed by atoms with E-state index in [-0.39, 0.29) is 23.9 Å². The molecule has 3 nitrogen and oxygen atoms in total. The molecule has 7 heteroatoms. The van der Waals surface area contributed by atoms with Gasteiger partial charge in [0.15, 0.2) is 0 Å². The molecule has 2 aliphatic rings. The molecule has 2 aromatic rings. The summed E-state index contributed by atoms with van der Waals surface area (Å²) >= 11 is 5.77. The van der Waals surface area contributed by atoms with Crippen LogP contribution in [0.25, 0.3) is 0 Å². The van der Waals surface area contributed by atoms with Crippen molar-refractivity contribution in [3.63, 3.8) is 0 Å². The summed E-state index contributed by atoms with van der Waals surface area (Å²) in [4.78, 5) is 2.32. The Hall–Kier alpha value is -2.20. The molecule has 0 aliphatic carbocycles. The van der Waals surface area contributed by atoms with Gasteiger partial charge in [0, 0.05) is 11.5 Å². The second-order valence-electron chi connectivity index (χ2n) is 9.57. The van der Waals surface area contributed by atoms with Crippen LogP contribution in [0.5, 0.6) is 5.75 Å². The van der Waals surface area contributed by atoms with Gasteiger partial charge in [-0.25, -0.2) is 0 Å². The fourth-order valence-corrected chi connectivity index (χ4v) is 5.57. The minimum Gasteiger partial charge on any atom is -0.491 e. The van der Waals surface area contributed by atoms with Crippen molar-refractivity contribution in [1.82, 2.24) is 4.90 Å². The van der Waals surface area contributed by atoms with Crippen molar-refractivity contribution in [3.05, 3.63) is 65.2 Å². The van der Waals surface area contributed by atoms with Crippen LogP contribution in [0.1, 0.15) is 61.8 Å². The molecule has 1 spiro atoms. The molecule has 4 rings (SSSR count). The zero-order chi connectivity index (χ0) is 25.1. The second-order valence-corrected chi connectivity index (χ2v) is 9.84. The van der Waals surface area contributed by atoms with Crippen LogP contribution in [0.3, 0.4) is 0 Å². The van der Waals surface area contributed by atoms with Gasteiger partial charge in [0.2, 0.25) is 0 Å². The van der Waals surface area contributed by atoms with E-state index in [1.54, 1.807) is 0 Å². The number of benzene rings is 2. The van der Waals surface area contributed by atoms with Crippen LogP contribution in [0.15, 0.2) is 48.5 Å².